The lowest BCUT2D eigenvalue weighted by Gasteiger charge is -1.92. The average molecular weight is 131 g/mol. The fraction of sp³-hybridized carbons (Fsp3) is 0.600. The van der Waals surface area contributed by atoms with Gasteiger partial charge in [-0.1, -0.05) is 6.92 Å². The molecule has 0 saturated carbocycles. The van der Waals surface area contributed by atoms with Crippen LogP contribution in [-0.4, -0.2) is 11.8 Å². The Kier molecular flexibility index (Phi) is 3.62. The van der Waals surface area contributed by atoms with Crippen molar-refractivity contribution in [2.45, 2.75) is 19.8 Å². The molecule has 2 N–H and O–H groups in total. The smallest absolute Gasteiger partial charge is 0.367 e. The summed E-state index contributed by atoms with van der Waals surface area (Å²) in [6, 6.07) is 0. The summed E-state index contributed by atoms with van der Waals surface area (Å²) in [5.74, 6) is 2.90. The van der Waals surface area contributed by atoms with Crippen LogP contribution in [0.3, 0.4) is 0 Å². The van der Waals surface area contributed by atoms with E-state index < -0.39 is 11.8 Å². The molecule has 0 rings (SSSR count). The van der Waals surface area contributed by atoms with E-state index in [2.05, 4.69) is 10.7 Å². The number of nitrogens with two attached hydrogens (primary N) is 1. The van der Waals surface area contributed by atoms with Crippen LogP contribution in [0.25, 0.3) is 0 Å². The van der Waals surface area contributed by atoms with Crippen LogP contribution in [0.1, 0.15) is 19.8 Å². The molecule has 0 radical (unpaired) electrons. The average Bonchev–Trinajstić information content (AvgIpc) is 1.87. The molecule has 0 heterocycles. The summed E-state index contributed by atoms with van der Waals surface area (Å²) in [4.78, 5) is 24.3. The van der Waals surface area contributed by atoms with Crippen molar-refractivity contribution in [1.29, 1.82) is 0 Å². The van der Waals surface area contributed by atoms with E-state index >= 15 is 0 Å². The summed E-state index contributed by atoms with van der Waals surface area (Å²) in [6.07, 6.45) is 0.837. The Morgan fingerprint density at radius 3 is 2.44 bits per heavy atom. The molecule has 0 atom stereocenters. The number of hydrogen-bond acceptors (Lipinski definition) is 4. The highest BCUT2D eigenvalue weighted by Gasteiger charge is 2.11. The zero-order chi connectivity index (χ0) is 7.28. The number of carbonyl (C=O) groups is 2. The van der Waals surface area contributed by atoms with Gasteiger partial charge in [-0.3, -0.25) is 4.79 Å². The standard InChI is InChI=1S/C5H9NO3/c1-2-3-4(7)5(8)9-6/h2-3,6H2,1H3. The second-order valence-corrected chi connectivity index (χ2v) is 1.58. The van der Waals surface area contributed by atoms with Gasteiger partial charge in [0.05, 0.1) is 0 Å². The summed E-state index contributed by atoms with van der Waals surface area (Å²) in [5.41, 5.74) is 0. The van der Waals surface area contributed by atoms with Gasteiger partial charge in [-0.2, -0.15) is 5.90 Å². The molecule has 0 unspecified atom stereocenters. The van der Waals surface area contributed by atoms with Gasteiger partial charge in [-0.15, -0.1) is 0 Å². The molecule has 52 valence electrons. The van der Waals surface area contributed by atoms with Crippen molar-refractivity contribution in [2.24, 2.45) is 5.90 Å². The zero-order valence-electron chi connectivity index (χ0n) is 5.22. The van der Waals surface area contributed by atoms with Crippen LogP contribution in [0.5, 0.6) is 0 Å². The van der Waals surface area contributed by atoms with Crippen molar-refractivity contribution in [3.63, 3.8) is 0 Å². The van der Waals surface area contributed by atoms with Gasteiger partial charge in [0.1, 0.15) is 0 Å². The van der Waals surface area contributed by atoms with Crippen molar-refractivity contribution >= 4 is 11.8 Å². The van der Waals surface area contributed by atoms with Crippen LogP contribution in [0.15, 0.2) is 0 Å². The molecular weight excluding hydrogens is 122 g/mol. The van der Waals surface area contributed by atoms with E-state index in [9.17, 15) is 9.59 Å². The SMILES string of the molecule is CCCC(=O)C(=O)ON. The number of Topliss-reactive ketones (excluding diaryl/α,β-unsaturated/α-hetero) is 1. The number of carbonyl (C=O) groups excluding carboxylic acids is 2. The Balaban J connectivity index is 3.60. The van der Waals surface area contributed by atoms with E-state index in [4.69, 9.17) is 0 Å². The fourth-order valence-electron chi connectivity index (χ4n) is 0.395. The lowest BCUT2D eigenvalue weighted by atomic mass is 10.2. The van der Waals surface area contributed by atoms with Gasteiger partial charge in [0.2, 0.25) is 5.78 Å². The highest BCUT2D eigenvalue weighted by molar-refractivity contribution is 6.33. The van der Waals surface area contributed by atoms with Crippen molar-refractivity contribution in [2.75, 3.05) is 0 Å². The normalized spacial score (nSPS) is 8.67. The Morgan fingerprint density at radius 1 is 1.56 bits per heavy atom. The third-order valence-corrected chi connectivity index (χ3v) is 0.812. The maximum atomic E-state index is 10.4. The van der Waals surface area contributed by atoms with E-state index in [-0.39, 0.29) is 6.42 Å². The molecule has 0 aromatic heterocycles. The second-order valence-electron chi connectivity index (χ2n) is 1.58. The van der Waals surface area contributed by atoms with Gasteiger partial charge < -0.3 is 4.84 Å². The van der Waals surface area contributed by atoms with Crippen LogP contribution < -0.4 is 5.90 Å². The van der Waals surface area contributed by atoms with Crippen LogP contribution >= 0.6 is 0 Å². The fourth-order valence-corrected chi connectivity index (χ4v) is 0.395. The molecule has 0 fully saturated rings. The zero-order valence-corrected chi connectivity index (χ0v) is 5.22. The predicted molar refractivity (Wildman–Crippen MR) is 30.2 cm³/mol. The van der Waals surface area contributed by atoms with Crippen molar-refractivity contribution in [1.82, 2.24) is 0 Å². The Labute approximate surface area is 52.9 Å². The number of ketones is 1. The maximum Gasteiger partial charge on any atom is 0.393 e. The van der Waals surface area contributed by atoms with Gasteiger partial charge in [-0.05, 0) is 6.42 Å². The first-order chi connectivity index (χ1) is 4.22. The first-order valence-electron chi connectivity index (χ1n) is 2.66. The van der Waals surface area contributed by atoms with E-state index in [1.165, 1.54) is 0 Å². The maximum absolute atomic E-state index is 10.4. The Morgan fingerprint density at radius 2 is 2.11 bits per heavy atom. The first-order valence-corrected chi connectivity index (χ1v) is 2.66. The summed E-state index contributed by atoms with van der Waals surface area (Å²) in [5, 5.41) is 0. The number of rotatable bonds is 3. The summed E-state index contributed by atoms with van der Waals surface area (Å²) >= 11 is 0. The quantitative estimate of drug-likeness (QED) is 0.424. The Bertz CT molecular complexity index is 121. The molecule has 0 aliphatic rings. The molecule has 0 aromatic carbocycles. The highest BCUT2D eigenvalue weighted by Crippen LogP contribution is 1.89. The van der Waals surface area contributed by atoms with Gasteiger partial charge in [-0.25, -0.2) is 4.79 Å². The van der Waals surface area contributed by atoms with Gasteiger partial charge >= 0.3 is 5.97 Å². The topological polar surface area (TPSA) is 69.4 Å². The molecule has 4 heteroatoms. The van der Waals surface area contributed by atoms with Crippen LogP contribution in [0, 0.1) is 0 Å². The molecule has 9 heavy (non-hydrogen) atoms. The van der Waals surface area contributed by atoms with Crippen molar-refractivity contribution in [3.8, 4) is 0 Å². The summed E-state index contributed by atoms with van der Waals surface area (Å²) in [7, 11) is 0. The van der Waals surface area contributed by atoms with Crippen molar-refractivity contribution < 1.29 is 14.4 Å². The minimum Gasteiger partial charge on any atom is -0.367 e. The molecule has 0 bridgehead atoms. The highest BCUT2D eigenvalue weighted by atomic mass is 16.7. The third kappa shape index (κ3) is 2.81. The molecule has 0 aliphatic carbocycles. The Hall–Kier alpha value is -0.900. The largest absolute Gasteiger partial charge is 0.393 e. The molecule has 0 aliphatic heterocycles. The predicted octanol–water partition coefficient (Wildman–Crippen LogP) is -0.227. The summed E-state index contributed by atoms with van der Waals surface area (Å²) < 4.78 is 0. The van der Waals surface area contributed by atoms with Gasteiger partial charge in [0, 0.05) is 6.42 Å². The minimum absolute atomic E-state index is 0.204. The number of hydrogen-bond donors (Lipinski definition) is 1. The molecule has 0 spiro atoms. The monoisotopic (exact) mass is 131 g/mol. The summed E-state index contributed by atoms with van der Waals surface area (Å²) in [6.45, 7) is 1.79. The van der Waals surface area contributed by atoms with E-state index in [0.717, 1.165) is 0 Å². The lowest BCUT2D eigenvalue weighted by Crippen LogP contribution is -2.20. The van der Waals surface area contributed by atoms with Crippen LogP contribution in [0.2, 0.25) is 0 Å². The van der Waals surface area contributed by atoms with Gasteiger partial charge in [0.25, 0.3) is 0 Å². The van der Waals surface area contributed by atoms with Crippen LogP contribution in [-0.2, 0) is 14.4 Å². The van der Waals surface area contributed by atoms with E-state index in [0.29, 0.717) is 6.42 Å². The molecule has 0 aromatic rings. The van der Waals surface area contributed by atoms with E-state index in [1.807, 2.05) is 0 Å². The molecule has 0 amide bonds. The first kappa shape index (κ1) is 8.10. The van der Waals surface area contributed by atoms with Crippen molar-refractivity contribution in [3.05, 3.63) is 0 Å². The van der Waals surface area contributed by atoms with Gasteiger partial charge in [0.15, 0.2) is 0 Å². The minimum atomic E-state index is -0.961. The molecule has 4 nitrogen and oxygen atoms in total. The third-order valence-electron chi connectivity index (χ3n) is 0.812. The molecular formula is C5H9NO3. The second kappa shape index (κ2) is 4.03. The molecule has 0 saturated heterocycles. The lowest BCUT2D eigenvalue weighted by molar-refractivity contribution is -0.154. The van der Waals surface area contributed by atoms with Crippen LogP contribution in [0.4, 0.5) is 0 Å². The van der Waals surface area contributed by atoms with E-state index in [1.54, 1.807) is 6.92 Å².